The summed E-state index contributed by atoms with van der Waals surface area (Å²) in [4.78, 5) is 27.4. The first-order chi connectivity index (χ1) is 20.6. The summed E-state index contributed by atoms with van der Waals surface area (Å²) in [5, 5.41) is 53.6. The molecule has 1 aromatic carbocycles. The lowest BCUT2D eigenvalue weighted by atomic mass is 9.79. The second-order valence-corrected chi connectivity index (χ2v) is 11.9. The lowest BCUT2D eigenvalue weighted by Gasteiger charge is -2.51. The normalized spacial score (nSPS) is 28.0. The first-order valence-corrected chi connectivity index (χ1v) is 13.8. The molecule has 4 aliphatic rings. The molecule has 0 bridgehead atoms. The quantitative estimate of drug-likeness (QED) is 0.204. The van der Waals surface area contributed by atoms with Crippen molar-refractivity contribution >= 4 is 23.7 Å². The van der Waals surface area contributed by atoms with Crippen LogP contribution in [0.25, 0.3) is 0 Å². The number of alkyl halides is 3. The number of para-hydroxylation sites is 1. The molecule has 2 aromatic rings. The Morgan fingerprint density at radius 2 is 1.93 bits per heavy atom. The number of furan rings is 1. The number of carbonyl (C=O) groups excluding carboxylic acids is 2. The van der Waals surface area contributed by atoms with Gasteiger partial charge in [-0.15, -0.1) is 0 Å². The van der Waals surface area contributed by atoms with E-state index in [2.05, 4.69) is 31.0 Å². The van der Waals surface area contributed by atoms with Gasteiger partial charge in [0.2, 0.25) is 11.5 Å². The third-order valence-electron chi connectivity index (χ3n) is 8.79. The van der Waals surface area contributed by atoms with Crippen molar-refractivity contribution in [3.05, 3.63) is 53.0 Å². The number of hydrogen-bond donors (Lipinski definition) is 9. The molecule has 4 aliphatic heterocycles. The van der Waals surface area contributed by atoms with Gasteiger partial charge in [-0.1, -0.05) is 26.0 Å². The van der Waals surface area contributed by atoms with Crippen LogP contribution in [0, 0.1) is 10.8 Å². The summed E-state index contributed by atoms with van der Waals surface area (Å²) in [5.74, 6) is -5.87. The zero-order valence-electron chi connectivity index (χ0n) is 23.6. The fourth-order valence-electron chi connectivity index (χ4n) is 6.44. The molecule has 0 saturated carbocycles. The summed E-state index contributed by atoms with van der Waals surface area (Å²) in [6.07, 6.45) is -3.37. The number of benzene rings is 1. The number of guanidine groups is 2. The van der Waals surface area contributed by atoms with E-state index in [0.717, 1.165) is 12.0 Å². The Balaban J connectivity index is 1.23. The lowest BCUT2D eigenvalue weighted by Crippen LogP contribution is -2.81. The van der Waals surface area contributed by atoms with Crippen molar-refractivity contribution in [2.45, 2.75) is 61.4 Å². The van der Waals surface area contributed by atoms with Crippen LogP contribution in [0.2, 0.25) is 0 Å². The first-order valence-electron chi connectivity index (χ1n) is 13.8. The summed E-state index contributed by atoms with van der Waals surface area (Å²) >= 11 is 0. The van der Waals surface area contributed by atoms with E-state index >= 15 is 0 Å². The summed E-state index contributed by atoms with van der Waals surface area (Å²) in [7, 11) is 0. The Bertz CT molecular complexity index is 1560. The van der Waals surface area contributed by atoms with Crippen molar-refractivity contribution in [3.63, 3.8) is 0 Å². The molecule has 17 heteroatoms. The molecule has 5 heterocycles. The fraction of sp³-hybridized carbons (Fsp3) is 0.481. The van der Waals surface area contributed by atoms with Gasteiger partial charge in [-0.2, -0.15) is 13.2 Å². The number of nitrogens with zero attached hydrogens (tertiary/aromatic N) is 1. The Morgan fingerprint density at radius 1 is 1.18 bits per heavy atom. The molecular formula is C27H31F3N8O6. The predicted molar refractivity (Wildman–Crippen MR) is 146 cm³/mol. The maximum atomic E-state index is 13.5. The minimum atomic E-state index is -4.78. The summed E-state index contributed by atoms with van der Waals surface area (Å²) < 4.78 is 49.0. The fourth-order valence-corrected chi connectivity index (χ4v) is 6.44. The molecule has 0 radical (unpaired) electrons. The summed E-state index contributed by atoms with van der Waals surface area (Å²) in [6, 6.07) is 2.31. The van der Waals surface area contributed by atoms with E-state index in [1.807, 2.05) is 19.9 Å². The minimum absolute atomic E-state index is 0.206. The molecule has 0 aliphatic carbocycles. The highest BCUT2D eigenvalue weighted by molar-refractivity contribution is 5.98. The number of hydrogen-bond acceptors (Lipinski definition) is 8. The highest BCUT2D eigenvalue weighted by Crippen LogP contribution is 2.44. The van der Waals surface area contributed by atoms with Gasteiger partial charge in [0.25, 0.3) is 11.8 Å². The maximum absolute atomic E-state index is 13.5. The molecule has 3 fully saturated rings. The molecule has 4 atom stereocenters. The molecule has 3 saturated heterocycles. The van der Waals surface area contributed by atoms with Crippen molar-refractivity contribution in [2.24, 2.45) is 0 Å². The first kappa shape index (κ1) is 29.6. The van der Waals surface area contributed by atoms with Crippen LogP contribution < -0.4 is 31.3 Å². The van der Waals surface area contributed by atoms with E-state index < -0.39 is 53.3 Å². The molecular weight excluding hydrogens is 589 g/mol. The molecule has 1 aromatic heterocycles. The van der Waals surface area contributed by atoms with E-state index in [4.69, 9.17) is 15.6 Å². The molecule has 44 heavy (non-hydrogen) atoms. The van der Waals surface area contributed by atoms with E-state index in [-0.39, 0.29) is 41.6 Å². The minimum Gasteiger partial charge on any atom is -0.492 e. The van der Waals surface area contributed by atoms with Crippen LogP contribution >= 0.6 is 0 Å². The van der Waals surface area contributed by atoms with Crippen LogP contribution in [0.4, 0.5) is 13.2 Å². The SMILES string of the molecule is CC1(C)CCOc2c(C(=O)N[C@H]3CN4C(=N)N[C@@H](CNC(=O)c5coc(C(F)(F)F)c5)[C@@H]5NC(=N)N[C@@]54C3(O)O)cccc21. The van der Waals surface area contributed by atoms with Gasteiger partial charge in [0, 0.05) is 24.7 Å². The number of fused-ring (bicyclic) bond motifs is 1. The van der Waals surface area contributed by atoms with Gasteiger partial charge in [-0.3, -0.25) is 20.4 Å². The summed E-state index contributed by atoms with van der Waals surface area (Å²) in [5.41, 5.74) is -1.54. The molecule has 236 valence electrons. The average molecular weight is 621 g/mol. The van der Waals surface area contributed by atoms with Gasteiger partial charge < -0.3 is 50.9 Å². The van der Waals surface area contributed by atoms with Crippen LogP contribution in [0.3, 0.4) is 0 Å². The smallest absolute Gasteiger partial charge is 0.449 e. The number of halogens is 3. The Morgan fingerprint density at radius 3 is 2.64 bits per heavy atom. The van der Waals surface area contributed by atoms with Crippen LogP contribution in [-0.4, -0.2) is 88.1 Å². The van der Waals surface area contributed by atoms with Crippen molar-refractivity contribution in [1.29, 1.82) is 10.8 Å². The highest BCUT2D eigenvalue weighted by Gasteiger charge is 2.74. The largest absolute Gasteiger partial charge is 0.492 e. The topological polar surface area (TPSA) is 208 Å². The Kier molecular flexibility index (Phi) is 6.55. The Labute approximate surface area is 248 Å². The van der Waals surface area contributed by atoms with Crippen molar-refractivity contribution in [1.82, 2.24) is 31.5 Å². The van der Waals surface area contributed by atoms with Crippen molar-refractivity contribution < 1.29 is 42.1 Å². The third kappa shape index (κ3) is 4.40. The van der Waals surface area contributed by atoms with Gasteiger partial charge >= 0.3 is 6.18 Å². The van der Waals surface area contributed by atoms with Crippen LogP contribution in [0.5, 0.6) is 5.75 Å². The van der Waals surface area contributed by atoms with Crippen molar-refractivity contribution in [2.75, 3.05) is 19.7 Å². The van der Waals surface area contributed by atoms with Crippen LogP contribution in [-0.2, 0) is 11.6 Å². The second kappa shape index (κ2) is 9.75. The zero-order valence-corrected chi connectivity index (χ0v) is 23.6. The van der Waals surface area contributed by atoms with Crippen LogP contribution in [0.15, 0.2) is 34.9 Å². The molecule has 2 amide bonds. The van der Waals surface area contributed by atoms with E-state index in [9.17, 15) is 33.0 Å². The maximum Gasteiger partial charge on any atom is 0.449 e. The lowest BCUT2D eigenvalue weighted by molar-refractivity contribution is -0.232. The van der Waals surface area contributed by atoms with Crippen molar-refractivity contribution in [3.8, 4) is 5.75 Å². The van der Waals surface area contributed by atoms with E-state index in [0.29, 0.717) is 24.7 Å². The Hall–Kier alpha value is -4.51. The highest BCUT2D eigenvalue weighted by atomic mass is 19.4. The van der Waals surface area contributed by atoms with Gasteiger partial charge in [0.15, 0.2) is 17.6 Å². The average Bonchev–Trinajstić information content (AvgIpc) is 3.63. The standard InChI is InChI=1S/C27H31F3N8O6/c1-24(2)6-7-43-18-13(4-3-5-14(18)24)21(40)35-16-10-38-23(32)34-15(19-25(38,26(16,41)42)37-22(31)36-19)9-33-20(39)12-8-17(44-11-12)27(28,29)30/h3-5,8,11,15-16,19,41-42H,6-7,9-10H2,1-2H3,(H2,32,34)(H,33,39)(H,35,40)(H3,31,36,37)/t15-,16-,19-,25-/m0/s1. The molecule has 14 nitrogen and oxygen atoms in total. The van der Waals surface area contributed by atoms with E-state index in [1.54, 1.807) is 12.1 Å². The van der Waals surface area contributed by atoms with Gasteiger partial charge in [0.1, 0.15) is 18.1 Å². The number of nitrogens with one attached hydrogen (secondary N) is 7. The summed E-state index contributed by atoms with van der Waals surface area (Å²) in [6.45, 7) is 3.93. The molecule has 0 unspecified atom stereocenters. The zero-order chi connectivity index (χ0) is 31.8. The van der Waals surface area contributed by atoms with Crippen LogP contribution in [0.1, 0.15) is 52.3 Å². The molecule has 6 rings (SSSR count). The monoisotopic (exact) mass is 620 g/mol. The second-order valence-electron chi connectivity index (χ2n) is 11.9. The number of ether oxygens (including phenoxy) is 1. The molecule has 9 N–H and O–H groups in total. The third-order valence-corrected chi connectivity index (χ3v) is 8.79. The number of carbonyl (C=O) groups is 2. The van der Waals surface area contributed by atoms with Gasteiger partial charge in [-0.05, 0) is 17.9 Å². The number of aliphatic hydroxyl groups is 2. The predicted octanol–water partition coefficient (Wildman–Crippen LogP) is -0.0176. The molecule has 1 spiro atoms. The van der Waals surface area contributed by atoms with Gasteiger partial charge in [0.05, 0.1) is 29.8 Å². The number of amides is 2. The van der Waals surface area contributed by atoms with E-state index in [1.165, 1.54) is 4.90 Å². The van der Waals surface area contributed by atoms with Gasteiger partial charge in [-0.25, -0.2) is 0 Å². The number of rotatable bonds is 5.